The van der Waals surface area contributed by atoms with Crippen LogP contribution < -0.4 is 15.5 Å². The quantitative estimate of drug-likeness (QED) is 0.340. The summed E-state index contributed by atoms with van der Waals surface area (Å²) in [5.74, 6) is -0.575. The predicted octanol–water partition coefficient (Wildman–Crippen LogP) is 3.43. The zero-order chi connectivity index (χ0) is 26.1. The fraction of sp³-hybridized carbons (Fsp3) is 0.500. The summed E-state index contributed by atoms with van der Waals surface area (Å²) in [6.07, 6.45) is 3.37. The van der Waals surface area contributed by atoms with Crippen LogP contribution in [-0.2, 0) is 21.4 Å². The highest BCUT2D eigenvalue weighted by Gasteiger charge is 2.51. The third kappa shape index (κ3) is 5.28. The van der Waals surface area contributed by atoms with Gasteiger partial charge in [-0.05, 0) is 72.6 Å². The molecule has 0 spiro atoms. The normalized spacial score (nSPS) is 18.0. The molecule has 1 atom stereocenters. The first-order valence-electron chi connectivity index (χ1n) is 12.7. The Balaban J connectivity index is 1.47. The number of carbonyl (C=O) groups is 2. The molecule has 2 aromatic rings. The van der Waals surface area contributed by atoms with Gasteiger partial charge in [-0.25, -0.2) is 0 Å². The molecule has 8 nitrogen and oxygen atoms in total. The van der Waals surface area contributed by atoms with Gasteiger partial charge in [0.1, 0.15) is 0 Å². The van der Waals surface area contributed by atoms with E-state index in [9.17, 15) is 19.8 Å². The van der Waals surface area contributed by atoms with Crippen molar-refractivity contribution in [3.05, 3.63) is 47.5 Å². The molecule has 1 heterocycles. The lowest BCUT2D eigenvalue weighted by Crippen LogP contribution is -2.42. The van der Waals surface area contributed by atoms with Gasteiger partial charge in [0.05, 0.1) is 12.0 Å². The van der Waals surface area contributed by atoms with Gasteiger partial charge in [-0.2, -0.15) is 0 Å². The zero-order valence-electron chi connectivity index (χ0n) is 21.3. The number of nitrogens with zero attached hydrogens (tertiary/aromatic N) is 1. The van der Waals surface area contributed by atoms with Crippen molar-refractivity contribution in [1.29, 1.82) is 0 Å². The Kier molecular flexibility index (Phi) is 7.18. The first-order chi connectivity index (χ1) is 17.0. The molecular formula is C28H37N3O5. The molecule has 2 aromatic carbocycles. The Morgan fingerprint density at radius 1 is 1.08 bits per heavy atom. The number of fused-ring (bicyclic) bond motifs is 1. The number of hydrogen-bond donors (Lipinski definition) is 5. The number of aliphatic hydroxyl groups excluding tert-OH is 1. The van der Waals surface area contributed by atoms with Crippen LogP contribution in [0.1, 0.15) is 57.6 Å². The fourth-order valence-electron chi connectivity index (χ4n) is 5.18. The second-order valence-electron chi connectivity index (χ2n) is 11.0. The Morgan fingerprint density at radius 3 is 2.47 bits per heavy atom. The number of anilines is 2. The number of amides is 2. The first-order valence-corrected chi connectivity index (χ1v) is 12.7. The fourth-order valence-corrected chi connectivity index (χ4v) is 5.18. The van der Waals surface area contributed by atoms with E-state index >= 15 is 0 Å². The average molecular weight is 496 g/mol. The van der Waals surface area contributed by atoms with Gasteiger partial charge in [0.15, 0.2) is 11.5 Å². The Bertz CT molecular complexity index is 1140. The maximum absolute atomic E-state index is 13.2. The Labute approximate surface area is 212 Å². The van der Waals surface area contributed by atoms with E-state index in [0.717, 1.165) is 24.3 Å². The molecular weight excluding hydrogens is 458 g/mol. The monoisotopic (exact) mass is 495 g/mol. The van der Waals surface area contributed by atoms with Crippen LogP contribution in [0.5, 0.6) is 11.5 Å². The molecule has 1 aliphatic carbocycles. The number of nitrogens with one attached hydrogen (secondary N) is 2. The van der Waals surface area contributed by atoms with Gasteiger partial charge in [0.2, 0.25) is 11.8 Å². The first kappa shape index (κ1) is 25.8. The lowest BCUT2D eigenvalue weighted by molar-refractivity contribution is -0.121. The van der Waals surface area contributed by atoms with Crippen LogP contribution >= 0.6 is 0 Å². The van der Waals surface area contributed by atoms with Crippen LogP contribution in [0.4, 0.5) is 11.4 Å². The van der Waals surface area contributed by atoms with E-state index in [2.05, 4.69) is 42.4 Å². The molecule has 4 rings (SSSR count). The molecule has 1 unspecified atom stereocenters. The lowest BCUT2D eigenvalue weighted by atomic mass is 9.84. The highest BCUT2D eigenvalue weighted by Crippen LogP contribution is 2.50. The highest BCUT2D eigenvalue weighted by atomic mass is 16.3. The van der Waals surface area contributed by atoms with E-state index in [1.807, 2.05) is 12.1 Å². The Hall–Kier alpha value is -3.26. The van der Waals surface area contributed by atoms with Crippen LogP contribution in [0.3, 0.4) is 0 Å². The van der Waals surface area contributed by atoms with Gasteiger partial charge in [-0.1, -0.05) is 26.8 Å². The van der Waals surface area contributed by atoms with Gasteiger partial charge < -0.3 is 30.9 Å². The number of aliphatic hydroxyl groups is 1. The number of aromatic hydroxyl groups is 2. The number of rotatable bonds is 9. The van der Waals surface area contributed by atoms with Crippen molar-refractivity contribution in [2.24, 2.45) is 5.41 Å². The highest BCUT2D eigenvalue weighted by molar-refractivity contribution is 6.01. The summed E-state index contributed by atoms with van der Waals surface area (Å²) in [7, 11) is 0. The molecule has 5 N–H and O–H groups in total. The smallest absolute Gasteiger partial charge is 0.235 e. The van der Waals surface area contributed by atoms with Gasteiger partial charge >= 0.3 is 0 Å². The molecule has 2 aliphatic rings. The predicted molar refractivity (Wildman–Crippen MR) is 139 cm³/mol. The molecule has 1 aliphatic heterocycles. The van der Waals surface area contributed by atoms with Crippen molar-refractivity contribution in [3.8, 4) is 11.5 Å². The number of benzene rings is 2. The molecule has 8 heteroatoms. The van der Waals surface area contributed by atoms with Gasteiger partial charge in [-0.15, -0.1) is 0 Å². The molecule has 36 heavy (non-hydrogen) atoms. The van der Waals surface area contributed by atoms with Crippen LogP contribution in [0, 0.1) is 5.41 Å². The van der Waals surface area contributed by atoms with Gasteiger partial charge in [0.25, 0.3) is 0 Å². The number of carbonyl (C=O) groups excluding carboxylic acids is 2. The summed E-state index contributed by atoms with van der Waals surface area (Å²) in [5, 5.41) is 34.2. The summed E-state index contributed by atoms with van der Waals surface area (Å²) in [4.78, 5) is 27.6. The average Bonchev–Trinajstić information content (AvgIpc) is 3.55. The number of phenols is 2. The lowest BCUT2D eigenvalue weighted by Gasteiger charge is -2.37. The Morgan fingerprint density at radius 2 is 1.83 bits per heavy atom. The van der Waals surface area contributed by atoms with Crippen molar-refractivity contribution >= 4 is 23.2 Å². The maximum atomic E-state index is 13.2. The van der Waals surface area contributed by atoms with E-state index in [0.29, 0.717) is 31.2 Å². The molecule has 0 radical (unpaired) electrons. The van der Waals surface area contributed by atoms with E-state index in [1.54, 1.807) is 6.07 Å². The molecule has 1 saturated carbocycles. The van der Waals surface area contributed by atoms with E-state index < -0.39 is 5.41 Å². The molecule has 0 saturated heterocycles. The largest absolute Gasteiger partial charge is 0.504 e. The zero-order valence-corrected chi connectivity index (χ0v) is 21.3. The summed E-state index contributed by atoms with van der Waals surface area (Å²) >= 11 is 0. The second kappa shape index (κ2) is 10.0. The maximum Gasteiger partial charge on any atom is 0.235 e. The van der Waals surface area contributed by atoms with Crippen molar-refractivity contribution in [2.75, 3.05) is 29.9 Å². The third-order valence-electron chi connectivity index (χ3n) is 7.39. The minimum absolute atomic E-state index is 0.0283. The molecule has 194 valence electrons. The van der Waals surface area contributed by atoms with Crippen LogP contribution in [0.2, 0.25) is 0 Å². The van der Waals surface area contributed by atoms with Crippen LogP contribution in [-0.4, -0.2) is 52.9 Å². The summed E-state index contributed by atoms with van der Waals surface area (Å²) in [5.41, 5.74) is 3.10. The van der Waals surface area contributed by atoms with Crippen LogP contribution in [0.25, 0.3) is 0 Å². The van der Waals surface area contributed by atoms with Gasteiger partial charge in [-0.3, -0.25) is 9.59 Å². The number of phenolic OH excluding ortho intramolecular Hbond substituents is 2. The van der Waals surface area contributed by atoms with E-state index in [4.69, 9.17) is 5.11 Å². The van der Waals surface area contributed by atoms with Crippen LogP contribution in [0.15, 0.2) is 36.4 Å². The van der Waals surface area contributed by atoms with E-state index in [1.165, 1.54) is 17.7 Å². The van der Waals surface area contributed by atoms with Crippen molar-refractivity contribution in [2.45, 2.75) is 64.3 Å². The van der Waals surface area contributed by atoms with Gasteiger partial charge in [0, 0.05) is 36.9 Å². The molecule has 0 aromatic heterocycles. The van der Waals surface area contributed by atoms with Crippen molar-refractivity contribution < 1.29 is 24.9 Å². The summed E-state index contributed by atoms with van der Waals surface area (Å²) < 4.78 is 0. The topological polar surface area (TPSA) is 122 Å². The van der Waals surface area contributed by atoms with E-state index in [-0.39, 0.29) is 47.9 Å². The number of hydrogen-bond acceptors (Lipinski definition) is 6. The minimum atomic E-state index is -0.680. The minimum Gasteiger partial charge on any atom is -0.504 e. The van der Waals surface area contributed by atoms with Crippen molar-refractivity contribution in [3.63, 3.8) is 0 Å². The summed E-state index contributed by atoms with van der Waals surface area (Å²) in [6.45, 7) is 7.63. The molecule has 2 amide bonds. The molecule has 0 bridgehead atoms. The van der Waals surface area contributed by atoms with Crippen molar-refractivity contribution in [1.82, 2.24) is 5.32 Å². The molecule has 1 fully saturated rings. The second-order valence-corrected chi connectivity index (χ2v) is 11.0. The third-order valence-corrected chi connectivity index (χ3v) is 7.39. The SMILES string of the molecule is CC(C)(C)C1Cc2cc(NC(=O)C3(c4ccc(O)c(O)c4)CC3)ccc2N1CCCC(=O)NCCO. The summed E-state index contributed by atoms with van der Waals surface area (Å²) in [6, 6.07) is 10.9. The standard InChI is InChI=1S/C28H37N3O5/c1-27(2,3)24-16-18-15-20(7-8-21(18)31(24)13-4-5-25(35)29-12-14-32)30-26(36)28(10-11-28)19-6-9-22(33)23(34)17-19/h6-9,15,17,24,32-34H,4-5,10-14,16H2,1-3H3,(H,29,35)(H,30,36).